The van der Waals surface area contributed by atoms with Crippen molar-refractivity contribution in [2.75, 3.05) is 5.32 Å². The van der Waals surface area contributed by atoms with Crippen LogP contribution in [-0.4, -0.2) is 9.97 Å². The third-order valence-electron chi connectivity index (χ3n) is 2.43. The zero-order chi connectivity index (χ0) is 12.4. The van der Waals surface area contributed by atoms with Crippen molar-refractivity contribution in [1.29, 1.82) is 0 Å². The molecule has 0 spiro atoms. The van der Waals surface area contributed by atoms with Crippen molar-refractivity contribution in [3.05, 3.63) is 51.0 Å². The summed E-state index contributed by atoms with van der Waals surface area (Å²) in [6, 6.07) is 5.96. The molecule has 0 atom stereocenters. The molecule has 1 aromatic carbocycles. The highest BCUT2D eigenvalue weighted by molar-refractivity contribution is 6.32. The number of aromatic amines is 1. The van der Waals surface area contributed by atoms with Gasteiger partial charge in [-0.2, -0.15) is 0 Å². The maximum atomic E-state index is 11.3. The monoisotopic (exact) mass is 249 g/mol. The molecule has 0 aliphatic rings. The predicted octanol–water partition coefficient (Wildman–Crippen LogP) is 2.78. The molecule has 0 saturated carbocycles. The number of hydrogen-bond acceptors (Lipinski definition) is 3. The molecule has 0 saturated heterocycles. The number of anilines is 2. The van der Waals surface area contributed by atoms with Gasteiger partial charge in [0.25, 0.3) is 5.56 Å². The van der Waals surface area contributed by atoms with Crippen molar-refractivity contribution in [1.82, 2.24) is 9.97 Å². The molecule has 0 fully saturated rings. The number of nitrogens with one attached hydrogen (secondary N) is 2. The molecule has 88 valence electrons. The molecule has 0 unspecified atom stereocenters. The van der Waals surface area contributed by atoms with Crippen LogP contribution >= 0.6 is 11.6 Å². The van der Waals surface area contributed by atoms with Crippen molar-refractivity contribution < 1.29 is 0 Å². The number of rotatable bonds is 2. The lowest BCUT2D eigenvalue weighted by Gasteiger charge is -2.09. The molecular weight excluding hydrogens is 238 g/mol. The van der Waals surface area contributed by atoms with Gasteiger partial charge in [-0.15, -0.1) is 0 Å². The van der Waals surface area contributed by atoms with E-state index in [1.54, 1.807) is 0 Å². The number of hydrogen-bond donors (Lipinski definition) is 2. The van der Waals surface area contributed by atoms with Gasteiger partial charge in [-0.1, -0.05) is 29.3 Å². The van der Waals surface area contributed by atoms with Gasteiger partial charge in [-0.3, -0.25) is 4.79 Å². The lowest BCUT2D eigenvalue weighted by atomic mass is 10.1. The first kappa shape index (κ1) is 11.7. The van der Waals surface area contributed by atoms with Crippen LogP contribution in [0.3, 0.4) is 0 Å². The molecule has 2 rings (SSSR count). The van der Waals surface area contributed by atoms with Crippen LogP contribution in [0.25, 0.3) is 0 Å². The number of aryl methyl sites for hydroxylation is 2. The van der Waals surface area contributed by atoms with E-state index in [0.717, 1.165) is 11.3 Å². The minimum Gasteiger partial charge on any atom is -0.339 e. The minimum atomic E-state index is -0.353. The van der Waals surface area contributed by atoms with Gasteiger partial charge in [0, 0.05) is 5.69 Å². The second kappa shape index (κ2) is 4.59. The van der Waals surface area contributed by atoms with Crippen LogP contribution in [0.4, 0.5) is 11.5 Å². The average molecular weight is 250 g/mol. The van der Waals surface area contributed by atoms with Crippen molar-refractivity contribution in [3.8, 4) is 0 Å². The fraction of sp³-hybridized carbons (Fsp3) is 0.167. The summed E-state index contributed by atoms with van der Waals surface area (Å²) >= 11 is 5.86. The standard InChI is InChI=1S/C12H12ClN3O/c1-7-3-4-9(8(2)5-7)16-11-10(13)12(17)15-6-14-11/h3-6H,1-2H3,(H2,14,15,16,17). The van der Waals surface area contributed by atoms with Crippen molar-refractivity contribution in [2.45, 2.75) is 13.8 Å². The topological polar surface area (TPSA) is 57.8 Å². The summed E-state index contributed by atoms with van der Waals surface area (Å²) in [5.41, 5.74) is 2.78. The van der Waals surface area contributed by atoms with Gasteiger partial charge in [-0.05, 0) is 25.5 Å². The van der Waals surface area contributed by atoms with E-state index in [-0.39, 0.29) is 10.6 Å². The summed E-state index contributed by atoms with van der Waals surface area (Å²) in [6.45, 7) is 4.01. The van der Waals surface area contributed by atoms with E-state index >= 15 is 0 Å². The van der Waals surface area contributed by atoms with E-state index in [1.807, 2.05) is 32.0 Å². The molecule has 2 N–H and O–H groups in total. The molecule has 2 aromatic rings. The fourth-order valence-electron chi connectivity index (χ4n) is 1.55. The average Bonchev–Trinajstić information content (AvgIpc) is 2.28. The second-order valence-corrected chi connectivity index (χ2v) is 4.22. The van der Waals surface area contributed by atoms with Gasteiger partial charge in [0.1, 0.15) is 5.02 Å². The Hall–Kier alpha value is -1.81. The molecule has 0 radical (unpaired) electrons. The summed E-state index contributed by atoms with van der Waals surface area (Å²) in [6.07, 6.45) is 1.32. The van der Waals surface area contributed by atoms with Gasteiger partial charge < -0.3 is 10.3 Å². The zero-order valence-electron chi connectivity index (χ0n) is 9.54. The van der Waals surface area contributed by atoms with Crippen LogP contribution in [0.1, 0.15) is 11.1 Å². The van der Waals surface area contributed by atoms with E-state index < -0.39 is 0 Å². The van der Waals surface area contributed by atoms with Crippen molar-refractivity contribution in [2.24, 2.45) is 0 Å². The van der Waals surface area contributed by atoms with Gasteiger partial charge >= 0.3 is 0 Å². The van der Waals surface area contributed by atoms with E-state index in [4.69, 9.17) is 11.6 Å². The summed E-state index contributed by atoms with van der Waals surface area (Å²) in [5, 5.41) is 3.11. The molecule has 1 aromatic heterocycles. The Morgan fingerprint density at radius 2 is 2.12 bits per heavy atom. The van der Waals surface area contributed by atoms with E-state index in [1.165, 1.54) is 11.9 Å². The smallest absolute Gasteiger partial charge is 0.271 e. The van der Waals surface area contributed by atoms with Crippen LogP contribution in [0, 0.1) is 13.8 Å². The van der Waals surface area contributed by atoms with E-state index in [0.29, 0.717) is 5.82 Å². The molecule has 4 nitrogen and oxygen atoms in total. The highest BCUT2D eigenvalue weighted by Gasteiger charge is 2.07. The summed E-state index contributed by atoms with van der Waals surface area (Å²) in [5.74, 6) is 0.363. The predicted molar refractivity (Wildman–Crippen MR) is 69.1 cm³/mol. The first-order valence-corrected chi connectivity index (χ1v) is 5.53. The quantitative estimate of drug-likeness (QED) is 0.861. The van der Waals surface area contributed by atoms with Crippen LogP contribution in [-0.2, 0) is 0 Å². The lowest BCUT2D eigenvalue weighted by Crippen LogP contribution is -2.10. The number of aromatic nitrogens is 2. The Kier molecular flexibility index (Phi) is 3.15. The van der Waals surface area contributed by atoms with Crippen molar-refractivity contribution >= 4 is 23.1 Å². The van der Waals surface area contributed by atoms with Crippen LogP contribution < -0.4 is 10.9 Å². The Balaban J connectivity index is 2.38. The van der Waals surface area contributed by atoms with E-state index in [9.17, 15) is 4.79 Å². The highest BCUT2D eigenvalue weighted by Crippen LogP contribution is 2.22. The number of nitrogens with zero attached hydrogens (tertiary/aromatic N) is 1. The summed E-state index contributed by atoms with van der Waals surface area (Å²) in [4.78, 5) is 17.7. The molecule has 0 aliphatic heterocycles. The van der Waals surface area contributed by atoms with Crippen LogP contribution in [0.15, 0.2) is 29.3 Å². The Labute approximate surface area is 104 Å². The van der Waals surface area contributed by atoms with Gasteiger partial charge in [0.2, 0.25) is 0 Å². The van der Waals surface area contributed by atoms with Crippen molar-refractivity contribution in [3.63, 3.8) is 0 Å². The molecule has 0 aliphatic carbocycles. The molecule has 0 amide bonds. The summed E-state index contributed by atoms with van der Waals surface area (Å²) in [7, 11) is 0. The molecule has 5 heteroatoms. The fourth-order valence-corrected chi connectivity index (χ4v) is 1.70. The number of halogens is 1. The maximum Gasteiger partial charge on any atom is 0.271 e. The number of benzene rings is 1. The third-order valence-corrected chi connectivity index (χ3v) is 2.78. The lowest BCUT2D eigenvalue weighted by molar-refractivity contribution is 1.12. The molecule has 17 heavy (non-hydrogen) atoms. The highest BCUT2D eigenvalue weighted by atomic mass is 35.5. The summed E-state index contributed by atoms with van der Waals surface area (Å²) < 4.78 is 0. The van der Waals surface area contributed by atoms with Gasteiger partial charge in [0.15, 0.2) is 5.82 Å². The molecule has 0 bridgehead atoms. The second-order valence-electron chi connectivity index (χ2n) is 3.84. The number of H-pyrrole nitrogens is 1. The minimum absolute atomic E-state index is 0.0625. The first-order valence-electron chi connectivity index (χ1n) is 5.15. The van der Waals surface area contributed by atoms with Gasteiger partial charge in [-0.25, -0.2) is 4.98 Å². The Morgan fingerprint density at radius 3 is 2.82 bits per heavy atom. The molecule has 1 heterocycles. The van der Waals surface area contributed by atoms with E-state index in [2.05, 4.69) is 15.3 Å². The Bertz CT molecular complexity index is 607. The SMILES string of the molecule is Cc1ccc(Nc2nc[nH]c(=O)c2Cl)c(C)c1. The Morgan fingerprint density at radius 1 is 1.35 bits per heavy atom. The van der Waals surface area contributed by atoms with Crippen LogP contribution in [0.5, 0.6) is 0 Å². The maximum absolute atomic E-state index is 11.3. The van der Waals surface area contributed by atoms with Gasteiger partial charge in [0.05, 0.1) is 6.33 Å². The largest absolute Gasteiger partial charge is 0.339 e. The van der Waals surface area contributed by atoms with Crippen LogP contribution in [0.2, 0.25) is 5.02 Å². The zero-order valence-corrected chi connectivity index (χ0v) is 10.3. The first-order chi connectivity index (χ1) is 8.08. The third kappa shape index (κ3) is 2.47. The normalized spacial score (nSPS) is 10.3. The molecular formula is C12H12ClN3O.